The van der Waals surface area contributed by atoms with E-state index < -0.39 is 0 Å². The minimum absolute atomic E-state index is 0.0405. The molecule has 116 valence electrons. The number of amides is 1. The number of hydrogen-bond acceptors (Lipinski definition) is 4. The van der Waals surface area contributed by atoms with Crippen LogP contribution in [0.15, 0.2) is 40.8 Å². The van der Waals surface area contributed by atoms with Crippen LogP contribution in [0.5, 0.6) is 5.75 Å². The highest BCUT2D eigenvalue weighted by molar-refractivity contribution is 5.95. The second kappa shape index (κ2) is 6.23. The number of rotatable bonds is 3. The van der Waals surface area contributed by atoms with Gasteiger partial charge < -0.3 is 18.8 Å². The Morgan fingerprint density at radius 1 is 1.32 bits per heavy atom. The van der Waals surface area contributed by atoms with Gasteiger partial charge in [0.1, 0.15) is 23.3 Å². The summed E-state index contributed by atoms with van der Waals surface area (Å²) in [5, 5.41) is 0. The van der Waals surface area contributed by atoms with Crippen molar-refractivity contribution in [3.63, 3.8) is 0 Å². The van der Waals surface area contributed by atoms with Gasteiger partial charge in [-0.2, -0.15) is 0 Å². The maximum absolute atomic E-state index is 12.8. The molecule has 5 heteroatoms. The van der Waals surface area contributed by atoms with Gasteiger partial charge in [0.2, 0.25) is 0 Å². The average Bonchev–Trinajstić information content (AvgIpc) is 3.00. The molecule has 2 heterocycles. The van der Waals surface area contributed by atoms with Crippen LogP contribution in [0.2, 0.25) is 0 Å². The lowest BCUT2D eigenvalue weighted by atomic mass is 10.1. The molecule has 1 fully saturated rings. The Hall–Kier alpha value is -2.27. The predicted octanol–water partition coefficient (Wildman–Crippen LogP) is 2.81. The first kappa shape index (κ1) is 14.7. The fraction of sp³-hybridized carbons (Fsp3) is 0.353. The first-order valence-electron chi connectivity index (χ1n) is 7.28. The number of methoxy groups -OCH3 is 1. The largest absolute Gasteiger partial charge is 0.497 e. The Balaban J connectivity index is 1.88. The highest BCUT2D eigenvalue weighted by atomic mass is 16.5. The third-order valence-electron chi connectivity index (χ3n) is 3.80. The van der Waals surface area contributed by atoms with E-state index >= 15 is 0 Å². The van der Waals surface area contributed by atoms with Crippen LogP contribution in [-0.4, -0.2) is 37.7 Å². The SMILES string of the molecule is COc1cccc(C(=O)N2CCOC[C@H]2c2ccc(C)o2)c1. The molecule has 5 nitrogen and oxygen atoms in total. The number of morpholine rings is 1. The van der Waals surface area contributed by atoms with Crippen molar-refractivity contribution in [3.8, 4) is 5.75 Å². The number of benzene rings is 1. The molecule has 3 rings (SSSR count). The predicted molar refractivity (Wildman–Crippen MR) is 81.0 cm³/mol. The van der Waals surface area contributed by atoms with E-state index in [4.69, 9.17) is 13.9 Å². The van der Waals surface area contributed by atoms with Crippen molar-refractivity contribution >= 4 is 5.91 Å². The molecule has 1 aromatic carbocycles. The van der Waals surface area contributed by atoms with Gasteiger partial charge in [0, 0.05) is 12.1 Å². The summed E-state index contributed by atoms with van der Waals surface area (Å²) in [6.45, 7) is 3.41. The molecular weight excluding hydrogens is 282 g/mol. The van der Waals surface area contributed by atoms with Crippen molar-refractivity contribution in [2.24, 2.45) is 0 Å². The quantitative estimate of drug-likeness (QED) is 0.875. The van der Waals surface area contributed by atoms with Crippen LogP contribution >= 0.6 is 0 Å². The standard InChI is InChI=1S/C17H19NO4/c1-12-6-7-16(22-12)15-11-21-9-8-18(15)17(19)13-4-3-5-14(10-13)20-2/h3-7,10,15H,8-9,11H2,1-2H3/t15-/m0/s1. The number of aryl methyl sites for hydroxylation is 1. The minimum atomic E-state index is -0.193. The van der Waals surface area contributed by atoms with Gasteiger partial charge in [-0.25, -0.2) is 0 Å². The van der Waals surface area contributed by atoms with Crippen molar-refractivity contribution in [3.05, 3.63) is 53.5 Å². The molecule has 2 aromatic rings. The zero-order valence-electron chi connectivity index (χ0n) is 12.7. The minimum Gasteiger partial charge on any atom is -0.497 e. The van der Waals surface area contributed by atoms with Crippen molar-refractivity contribution in [1.29, 1.82) is 0 Å². The van der Waals surface area contributed by atoms with Crippen molar-refractivity contribution in [2.75, 3.05) is 26.9 Å². The maximum atomic E-state index is 12.8. The molecule has 0 radical (unpaired) electrons. The first-order chi connectivity index (χ1) is 10.7. The fourth-order valence-corrected chi connectivity index (χ4v) is 2.64. The highest BCUT2D eigenvalue weighted by Gasteiger charge is 2.31. The summed E-state index contributed by atoms with van der Waals surface area (Å²) in [7, 11) is 1.59. The second-order valence-corrected chi connectivity index (χ2v) is 5.27. The van der Waals surface area contributed by atoms with Crippen molar-refractivity contribution in [2.45, 2.75) is 13.0 Å². The normalized spacial score (nSPS) is 18.3. The molecule has 0 saturated carbocycles. The Bertz CT molecular complexity index is 664. The van der Waals surface area contributed by atoms with Crippen LogP contribution < -0.4 is 4.74 Å². The lowest BCUT2D eigenvalue weighted by Crippen LogP contribution is -2.43. The van der Waals surface area contributed by atoms with Crippen molar-refractivity contribution in [1.82, 2.24) is 4.90 Å². The van der Waals surface area contributed by atoms with Crippen LogP contribution in [0, 0.1) is 6.92 Å². The van der Waals surface area contributed by atoms with Crippen LogP contribution in [0.25, 0.3) is 0 Å². The van der Waals surface area contributed by atoms with E-state index in [-0.39, 0.29) is 11.9 Å². The third-order valence-corrected chi connectivity index (χ3v) is 3.80. The molecule has 1 aliphatic heterocycles. The van der Waals surface area contributed by atoms with Gasteiger partial charge in [-0.1, -0.05) is 6.07 Å². The Kier molecular flexibility index (Phi) is 4.15. The Morgan fingerprint density at radius 3 is 2.91 bits per heavy atom. The molecule has 0 bridgehead atoms. The molecule has 1 aliphatic rings. The molecule has 0 unspecified atom stereocenters. The van der Waals surface area contributed by atoms with E-state index in [1.807, 2.05) is 31.2 Å². The smallest absolute Gasteiger partial charge is 0.254 e. The van der Waals surface area contributed by atoms with E-state index in [9.17, 15) is 4.79 Å². The number of ether oxygens (including phenoxy) is 2. The van der Waals surface area contributed by atoms with Gasteiger partial charge in [0.05, 0.1) is 20.3 Å². The summed E-state index contributed by atoms with van der Waals surface area (Å²) < 4.78 is 16.4. The van der Waals surface area contributed by atoms with Gasteiger partial charge in [0.15, 0.2) is 0 Å². The molecule has 1 aromatic heterocycles. The third kappa shape index (κ3) is 2.85. The molecule has 1 atom stereocenters. The van der Waals surface area contributed by atoms with E-state index in [0.29, 0.717) is 31.1 Å². The zero-order valence-corrected chi connectivity index (χ0v) is 12.7. The number of hydrogen-bond donors (Lipinski definition) is 0. The monoisotopic (exact) mass is 301 g/mol. The van der Waals surface area contributed by atoms with Gasteiger partial charge in [-0.3, -0.25) is 4.79 Å². The molecule has 1 amide bonds. The van der Waals surface area contributed by atoms with E-state index in [1.165, 1.54) is 0 Å². The summed E-state index contributed by atoms with van der Waals surface area (Å²) in [6, 6.07) is 10.8. The molecule has 0 N–H and O–H groups in total. The van der Waals surface area contributed by atoms with Gasteiger partial charge in [-0.15, -0.1) is 0 Å². The number of carbonyl (C=O) groups is 1. The van der Waals surface area contributed by atoms with E-state index in [0.717, 1.165) is 11.5 Å². The van der Waals surface area contributed by atoms with Crippen molar-refractivity contribution < 1.29 is 18.7 Å². The summed E-state index contributed by atoms with van der Waals surface area (Å²) in [5.41, 5.74) is 0.606. The maximum Gasteiger partial charge on any atom is 0.254 e. The Morgan fingerprint density at radius 2 is 2.18 bits per heavy atom. The number of nitrogens with zero attached hydrogens (tertiary/aromatic N) is 1. The van der Waals surface area contributed by atoms with Gasteiger partial charge in [0.25, 0.3) is 5.91 Å². The highest BCUT2D eigenvalue weighted by Crippen LogP contribution is 2.28. The summed E-state index contributed by atoms with van der Waals surface area (Å²) >= 11 is 0. The van der Waals surface area contributed by atoms with E-state index in [1.54, 1.807) is 24.1 Å². The Labute approximate surface area is 129 Å². The molecule has 1 saturated heterocycles. The molecule has 0 spiro atoms. The van der Waals surface area contributed by atoms with Crippen LogP contribution in [0.3, 0.4) is 0 Å². The number of furan rings is 1. The molecular formula is C17H19NO4. The van der Waals surface area contributed by atoms with E-state index in [2.05, 4.69) is 0 Å². The second-order valence-electron chi connectivity index (χ2n) is 5.27. The van der Waals surface area contributed by atoms with Gasteiger partial charge in [-0.05, 0) is 37.3 Å². The van der Waals surface area contributed by atoms with Gasteiger partial charge >= 0.3 is 0 Å². The fourth-order valence-electron chi connectivity index (χ4n) is 2.64. The van der Waals surface area contributed by atoms with Crippen LogP contribution in [0.4, 0.5) is 0 Å². The lowest BCUT2D eigenvalue weighted by molar-refractivity contribution is -0.00896. The topological polar surface area (TPSA) is 51.9 Å². The average molecular weight is 301 g/mol. The van der Waals surface area contributed by atoms with Crippen LogP contribution in [0.1, 0.15) is 27.9 Å². The summed E-state index contributed by atoms with van der Waals surface area (Å²) in [6.07, 6.45) is 0. The molecule has 0 aliphatic carbocycles. The van der Waals surface area contributed by atoms with Crippen LogP contribution in [-0.2, 0) is 4.74 Å². The summed E-state index contributed by atoms with van der Waals surface area (Å²) in [5.74, 6) is 2.22. The number of carbonyl (C=O) groups excluding carboxylic acids is 1. The summed E-state index contributed by atoms with van der Waals surface area (Å²) in [4.78, 5) is 14.6. The first-order valence-corrected chi connectivity index (χ1v) is 7.28. The molecule has 22 heavy (non-hydrogen) atoms. The lowest BCUT2D eigenvalue weighted by Gasteiger charge is -2.34. The zero-order chi connectivity index (χ0) is 15.5.